The Kier molecular flexibility index (Phi) is 3.08. The van der Waals surface area contributed by atoms with Crippen molar-refractivity contribution < 1.29 is 9.13 Å². The molecule has 0 fully saturated rings. The van der Waals surface area contributed by atoms with Gasteiger partial charge in [0.25, 0.3) is 0 Å². The first kappa shape index (κ1) is 12.3. The summed E-state index contributed by atoms with van der Waals surface area (Å²) in [5.74, 6) is -0.0493. The number of hydrogen-bond acceptors (Lipinski definition) is 4. The van der Waals surface area contributed by atoms with E-state index in [1.807, 2.05) is 18.4 Å². The van der Waals surface area contributed by atoms with E-state index < -0.39 is 5.82 Å². The Morgan fingerprint density at radius 3 is 2.95 bits per heavy atom. The normalized spacial score (nSPS) is 10.9. The van der Waals surface area contributed by atoms with E-state index in [0.717, 1.165) is 10.9 Å². The lowest BCUT2D eigenvalue weighted by Gasteiger charge is -2.07. The topological polar surface area (TPSA) is 35.0 Å². The van der Waals surface area contributed by atoms with E-state index >= 15 is 0 Å². The molecule has 1 aromatic carbocycles. The second-order valence-corrected chi connectivity index (χ2v) is 5.21. The molecule has 0 amide bonds. The molecule has 2 heterocycles. The zero-order chi connectivity index (χ0) is 13.4. The van der Waals surface area contributed by atoms with Crippen molar-refractivity contribution in [2.45, 2.75) is 6.92 Å². The van der Waals surface area contributed by atoms with Crippen LogP contribution in [0, 0.1) is 12.7 Å². The fourth-order valence-corrected chi connectivity index (χ4v) is 2.64. The van der Waals surface area contributed by atoms with E-state index in [-0.39, 0.29) is 16.9 Å². The number of fused-ring (bicyclic) bond motifs is 1. The van der Waals surface area contributed by atoms with Crippen LogP contribution in [0.3, 0.4) is 0 Å². The van der Waals surface area contributed by atoms with Crippen molar-refractivity contribution in [1.29, 1.82) is 0 Å². The van der Waals surface area contributed by atoms with Crippen molar-refractivity contribution in [3.63, 3.8) is 0 Å². The minimum atomic E-state index is -0.441. The van der Waals surface area contributed by atoms with Crippen LogP contribution in [-0.2, 0) is 0 Å². The molecule has 0 N–H and O–H groups in total. The van der Waals surface area contributed by atoms with E-state index in [1.165, 1.54) is 17.4 Å². The molecule has 2 aromatic heterocycles. The predicted molar refractivity (Wildman–Crippen MR) is 73.6 cm³/mol. The second kappa shape index (κ2) is 4.75. The van der Waals surface area contributed by atoms with Gasteiger partial charge in [0.1, 0.15) is 4.83 Å². The van der Waals surface area contributed by atoms with Crippen LogP contribution in [0.1, 0.15) is 5.56 Å². The highest BCUT2D eigenvalue weighted by Crippen LogP contribution is 2.32. The van der Waals surface area contributed by atoms with Crippen molar-refractivity contribution in [2.24, 2.45) is 0 Å². The van der Waals surface area contributed by atoms with Gasteiger partial charge in [0.05, 0.1) is 5.39 Å². The zero-order valence-electron chi connectivity index (χ0n) is 9.85. The molecule has 3 rings (SSSR count). The van der Waals surface area contributed by atoms with Gasteiger partial charge in [-0.15, -0.1) is 11.3 Å². The third kappa shape index (κ3) is 2.39. The number of aromatic nitrogens is 2. The number of aryl methyl sites for hydroxylation is 1. The minimum absolute atomic E-state index is 0.0815. The van der Waals surface area contributed by atoms with Crippen LogP contribution < -0.4 is 4.74 Å². The molecule has 0 unspecified atom stereocenters. The van der Waals surface area contributed by atoms with Gasteiger partial charge in [-0.2, -0.15) is 4.98 Å². The standard InChI is InChI=1S/C13H8ClFN2OS/c1-7-2-3-9(15)10(6-7)18-11-8-4-5-19-12(8)17-13(14)16-11/h2-6H,1H3. The van der Waals surface area contributed by atoms with Gasteiger partial charge in [-0.1, -0.05) is 6.07 Å². The first-order chi connectivity index (χ1) is 9.13. The van der Waals surface area contributed by atoms with E-state index in [9.17, 15) is 4.39 Å². The number of hydrogen-bond donors (Lipinski definition) is 0. The Balaban J connectivity index is 2.10. The van der Waals surface area contributed by atoms with E-state index in [1.54, 1.807) is 12.1 Å². The van der Waals surface area contributed by atoms with E-state index in [4.69, 9.17) is 16.3 Å². The van der Waals surface area contributed by atoms with Crippen LogP contribution in [0.5, 0.6) is 11.6 Å². The highest BCUT2D eigenvalue weighted by atomic mass is 35.5. The first-order valence-corrected chi connectivity index (χ1v) is 6.74. The number of rotatable bonds is 2. The van der Waals surface area contributed by atoms with Crippen LogP contribution in [0.4, 0.5) is 4.39 Å². The fourth-order valence-electron chi connectivity index (χ4n) is 1.67. The molecule has 3 aromatic rings. The summed E-state index contributed by atoms with van der Waals surface area (Å²) < 4.78 is 19.2. The lowest BCUT2D eigenvalue weighted by atomic mass is 10.2. The van der Waals surface area contributed by atoms with Crippen molar-refractivity contribution in [3.05, 3.63) is 46.3 Å². The molecule has 0 bridgehead atoms. The van der Waals surface area contributed by atoms with Gasteiger partial charge in [-0.05, 0) is 47.7 Å². The average Bonchev–Trinajstić information content (AvgIpc) is 2.82. The number of nitrogens with zero attached hydrogens (tertiary/aromatic N) is 2. The van der Waals surface area contributed by atoms with Crippen molar-refractivity contribution in [1.82, 2.24) is 9.97 Å². The molecule has 0 aliphatic heterocycles. The van der Waals surface area contributed by atoms with Gasteiger partial charge in [-0.3, -0.25) is 0 Å². The van der Waals surface area contributed by atoms with Gasteiger partial charge in [0.2, 0.25) is 11.2 Å². The first-order valence-electron chi connectivity index (χ1n) is 5.48. The Hall–Kier alpha value is -1.72. The Morgan fingerprint density at radius 2 is 2.11 bits per heavy atom. The zero-order valence-corrected chi connectivity index (χ0v) is 11.4. The molecular weight excluding hydrogens is 287 g/mol. The fraction of sp³-hybridized carbons (Fsp3) is 0.0769. The van der Waals surface area contributed by atoms with Crippen LogP contribution in [0.25, 0.3) is 10.2 Å². The number of benzene rings is 1. The summed E-state index contributed by atoms with van der Waals surface area (Å²) in [6, 6.07) is 6.47. The van der Waals surface area contributed by atoms with E-state index in [0.29, 0.717) is 4.83 Å². The van der Waals surface area contributed by atoms with Crippen LogP contribution in [0.15, 0.2) is 29.6 Å². The lowest BCUT2D eigenvalue weighted by molar-refractivity contribution is 0.431. The summed E-state index contributed by atoms with van der Waals surface area (Å²) in [5.41, 5.74) is 0.901. The van der Waals surface area contributed by atoms with Crippen molar-refractivity contribution >= 4 is 33.2 Å². The lowest BCUT2D eigenvalue weighted by Crippen LogP contribution is -1.93. The third-order valence-corrected chi connectivity index (χ3v) is 3.53. The minimum Gasteiger partial charge on any atom is -0.435 e. The SMILES string of the molecule is Cc1ccc(F)c(Oc2nc(Cl)nc3sccc23)c1. The van der Waals surface area contributed by atoms with Crippen LogP contribution in [-0.4, -0.2) is 9.97 Å². The van der Waals surface area contributed by atoms with Crippen LogP contribution >= 0.6 is 22.9 Å². The highest BCUT2D eigenvalue weighted by Gasteiger charge is 2.12. The van der Waals surface area contributed by atoms with E-state index in [2.05, 4.69) is 9.97 Å². The molecule has 0 radical (unpaired) electrons. The monoisotopic (exact) mass is 294 g/mol. The molecule has 19 heavy (non-hydrogen) atoms. The second-order valence-electron chi connectivity index (χ2n) is 3.97. The van der Waals surface area contributed by atoms with Crippen LogP contribution in [0.2, 0.25) is 5.28 Å². The summed E-state index contributed by atoms with van der Waals surface area (Å²) in [7, 11) is 0. The smallest absolute Gasteiger partial charge is 0.232 e. The van der Waals surface area contributed by atoms with Gasteiger partial charge in [0.15, 0.2) is 11.6 Å². The van der Waals surface area contributed by atoms with Gasteiger partial charge in [-0.25, -0.2) is 9.37 Å². The molecule has 0 saturated heterocycles. The third-order valence-electron chi connectivity index (χ3n) is 2.56. The molecule has 96 valence electrons. The summed E-state index contributed by atoms with van der Waals surface area (Å²) in [4.78, 5) is 8.80. The Labute approximate surface area is 117 Å². The number of halogens is 2. The average molecular weight is 295 g/mol. The highest BCUT2D eigenvalue weighted by molar-refractivity contribution is 7.16. The molecule has 0 spiro atoms. The predicted octanol–water partition coefficient (Wildman–Crippen LogP) is 4.58. The number of ether oxygens (including phenoxy) is 1. The van der Waals surface area contributed by atoms with Gasteiger partial charge in [0, 0.05) is 0 Å². The molecule has 0 aliphatic rings. The van der Waals surface area contributed by atoms with Crippen molar-refractivity contribution in [2.75, 3.05) is 0 Å². The molecule has 0 atom stereocenters. The maximum absolute atomic E-state index is 13.7. The summed E-state index contributed by atoms with van der Waals surface area (Å²) in [6.45, 7) is 1.86. The molecule has 6 heteroatoms. The Morgan fingerprint density at radius 1 is 1.26 bits per heavy atom. The quantitative estimate of drug-likeness (QED) is 0.649. The van der Waals surface area contributed by atoms with Gasteiger partial charge >= 0.3 is 0 Å². The number of thiophene rings is 1. The molecule has 3 nitrogen and oxygen atoms in total. The molecular formula is C13H8ClFN2OS. The Bertz CT molecular complexity index is 759. The van der Waals surface area contributed by atoms with Gasteiger partial charge < -0.3 is 4.74 Å². The summed E-state index contributed by atoms with van der Waals surface area (Å²) in [5, 5.41) is 2.66. The maximum Gasteiger partial charge on any atom is 0.232 e. The molecule has 0 saturated carbocycles. The summed E-state index contributed by atoms with van der Waals surface area (Å²) in [6.07, 6.45) is 0. The molecule has 0 aliphatic carbocycles. The van der Waals surface area contributed by atoms with Crippen molar-refractivity contribution in [3.8, 4) is 11.6 Å². The largest absolute Gasteiger partial charge is 0.435 e. The maximum atomic E-state index is 13.7. The summed E-state index contributed by atoms with van der Waals surface area (Å²) >= 11 is 7.25.